The molecule has 0 heterocycles. The molecule has 2 nitrogen and oxygen atoms in total. The van der Waals surface area contributed by atoms with Crippen LogP contribution in [0.5, 0.6) is 0 Å². The van der Waals surface area contributed by atoms with E-state index in [1.54, 1.807) is 0 Å². The van der Waals surface area contributed by atoms with Gasteiger partial charge in [0.2, 0.25) is 0 Å². The van der Waals surface area contributed by atoms with Gasteiger partial charge in [-0.25, -0.2) is 0 Å². The fourth-order valence-corrected chi connectivity index (χ4v) is 2.37. The first-order valence-electron chi connectivity index (χ1n) is 5.15. The van der Waals surface area contributed by atoms with Crippen molar-refractivity contribution in [3.8, 4) is 0 Å². The van der Waals surface area contributed by atoms with E-state index < -0.39 is 5.60 Å². The molecule has 1 rings (SSSR count). The van der Waals surface area contributed by atoms with Crippen molar-refractivity contribution in [2.45, 2.75) is 51.0 Å². The molecule has 1 saturated carbocycles. The molecule has 0 aromatic rings. The number of hydrogen-bond acceptors (Lipinski definition) is 2. The minimum Gasteiger partial charge on any atom is -0.388 e. The number of rotatable bonds is 4. The van der Waals surface area contributed by atoms with Crippen LogP contribution in [0.15, 0.2) is 0 Å². The normalized spacial score (nSPS) is 24.2. The zero-order valence-corrected chi connectivity index (χ0v) is 8.05. The number of nitrogens with two attached hydrogens (primary N) is 1. The highest BCUT2D eigenvalue weighted by Gasteiger charge is 2.35. The molecule has 0 aromatic heterocycles. The molecule has 72 valence electrons. The summed E-state index contributed by atoms with van der Waals surface area (Å²) in [6, 6.07) is 0. The van der Waals surface area contributed by atoms with E-state index in [4.69, 9.17) is 5.73 Å². The summed E-state index contributed by atoms with van der Waals surface area (Å²) < 4.78 is 0. The summed E-state index contributed by atoms with van der Waals surface area (Å²) in [5.41, 5.74) is 5.07. The SMILES string of the molecule is CCCC(O)(CN)C1CCCC1. The van der Waals surface area contributed by atoms with Crippen molar-refractivity contribution in [3.63, 3.8) is 0 Å². The fraction of sp³-hybridized carbons (Fsp3) is 1.00. The molecule has 1 unspecified atom stereocenters. The van der Waals surface area contributed by atoms with E-state index in [0.717, 1.165) is 12.8 Å². The van der Waals surface area contributed by atoms with Crippen molar-refractivity contribution < 1.29 is 5.11 Å². The van der Waals surface area contributed by atoms with Gasteiger partial charge in [0, 0.05) is 6.54 Å². The van der Waals surface area contributed by atoms with Crippen LogP contribution in [0.3, 0.4) is 0 Å². The first-order valence-corrected chi connectivity index (χ1v) is 5.15. The summed E-state index contributed by atoms with van der Waals surface area (Å²) in [4.78, 5) is 0. The van der Waals surface area contributed by atoms with Gasteiger partial charge in [-0.05, 0) is 25.2 Å². The highest BCUT2D eigenvalue weighted by molar-refractivity contribution is 4.89. The van der Waals surface area contributed by atoms with Crippen molar-refractivity contribution in [1.29, 1.82) is 0 Å². The Morgan fingerprint density at radius 2 is 2.00 bits per heavy atom. The lowest BCUT2D eigenvalue weighted by molar-refractivity contribution is -0.0161. The van der Waals surface area contributed by atoms with Gasteiger partial charge in [-0.15, -0.1) is 0 Å². The van der Waals surface area contributed by atoms with Crippen molar-refractivity contribution >= 4 is 0 Å². The van der Waals surface area contributed by atoms with E-state index in [0.29, 0.717) is 12.5 Å². The van der Waals surface area contributed by atoms with Gasteiger partial charge < -0.3 is 10.8 Å². The second-order valence-electron chi connectivity index (χ2n) is 4.04. The first kappa shape index (κ1) is 10.0. The predicted octanol–water partition coefficient (Wildman–Crippen LogP) is 1.67. The average Bonchev–Trinajstić information content (AvgIpc) is 2.57. The smallest absolute Gasteiger partial charge is 0.0797 e. The van der Waals surface area contributed by atoms with Gasteiger partial charge in [0.25, 0.3) is 0 Å². The molecule has 0 aliphatic heterocycles. The Morgan fingerprint density at radius 3 is 2.42 bits per heavy atom. The van der Waals surface area contributed by atoms with Crippen LogP contribution in [0, 0.1) is 5.92 Å². The Morgan fingerprint density at radius 1 is 1.42 bits per heavy atom. The highest BCUT2D eigenvalue weighted by Crippen LogP contribution is 2.35. The monoisotopic (exact) mass is 171 g/mol. The summed E-state index contributed by atoms with van der Waals surface area (Å²) >= 11 is 0. The molecule has 1 atom stereocenters. The van der Waals surface area contributed by atoms with Crippen LogP contribution in [-0.2, 0) is 0 Å². The third-order valence-electron chi connectivity index (χ3n) is 3.15. The summed E-state index contributed by atoms with van der Waals surface area (Å²) in [5.74, 6) is 0.474. The van der Waals surface area contributed by atoms with Gasteiger partial charge in [0.1, 0.15) is 0 Å². The van der Waals surface area contributed by atoms with Crippen LogP contribution in [0.1, 0.15) is 45.4 Å². The maximum Gasteiger partial charge on any atom is 0.0797 e. The molecule has 1 fully saturated rings. The predicted molar refractivity (Wildman–Crippen MR) is 50.9 cm³/mol. The molecule has 0 bridgehead atoms. The molecule has 0 saturated heterocycles. The van der Waals surface area contributed by atoms with Gasteiger partial charge in [-0.2, -0.15) is 0 Å². The largest absolute Gasteiger partial charge is 0.388 e. The lowest BCUT2D eigenvalue weighted by Crippen LogP contribution is -2.43. The minimum atomic E-state index is -0.550. The highest BCUT2D eigenvalue weighted by atomic mass is 16.3. The first-order chi connectivity index (χ1) is 5.73. The lowest BCUT2D eigenvalue weighted by atomic mass is 9.82. The van der Waals surface area contributed by atoms with Crippen molar-refractivity contribution in [2.24, 2.45) is 11.7 Å². The Hall–Kier alpha value is -0.0800. The number of hydrogen-bond donors (Lipinski definition) is 2. The topological polar surface area (TPSA) is 46.2 Å². The Kier molecular flexibility index (Phi) is 3.53. The van der Waals surface area contributed by atoms with Gasteiger partial charge >= 0.3 is 0 Å². The van der Waals surface area contributed by atoms with Crippen LogP contribution in [0.2, 0.25) is 0 Å². The molecular formula is C10H21NO. The van der Waals surface area contributed by atoms with Crippen molar-refractivity contribution in [3.05, 3.63) is 0 Å². The molecular weight excluding hydrogens is 150 g/mol. The van der Waals surface area contributed by atoms with Gasteiger partial charge in [-0.3, -0.25) is 0 Å². The third-order valence-corrected chi connectivity index (χ3v) is 3.15. The van der Waals surface area contributed by atoms with Gasteiger partial charge in [0.15, 0.2) is 0 Å². The molecule has 0 radical (unpaired) electrons. The van der Waals surface area contributed by atoms with E-state index >= 15 is 0 Å². The minimum absolute atomic E-state index is 0.436. The second-order valence-corrected chi connectivity index (χ2v) is 4.04. The van der Waals surface area contributed by atoms with Gasteiger partial charge in [-0.1, -0.05) is 26.2 Å². The van der Waals surface area contributed by atoms with Gasteiger partial charge in [0.05, 0.1) is 5.60 Å². The summed E-state index contributed by atoms with van der Waals surface area (Å²) in [6.07, 6.45) is 6.80. The molecule has 2 heteroatoms. The van der Waals surface area contributed by atoms with E-state index in [1.165, 1.54) is 25.7 Å². The zero-order valence-electron chi connectivity index (χ0n) is 8.05. The van der Waals surface area contributed by atoms with Crippen LogP contribution in [-0.4, -0.2) is 17.3 Å². The number of aliphatic hydroxyl groups is 1. The van der Waals surface area contributed by atoms with Crippen LogP contribution in [0.4, 0.5) is 0 Å². The summed E-state index contributed by atoms with van der Waals surface area (Å²) in [5, 5.41) is 10.2. The zero-order chi connectivity index (χ0) is 9.03. The quantitative estimate of drug-likeness (QED) is 0.676. The Labute approximate surface area is 75.2 Å². The molecule has 0 amide bonds. The maximum absolute atomic E-state index is 10.2. The van der Waals surface area contributed by atoms with Crippen molar-refractivity contribution in [2.75, 3.05) is 6.54 Å². The van der Waals surface area contributed by atoms with E-state index in [1.807, 2.05) is 0 Å². The fourth-order valence-electron chi connectivity index (χ4n) is 2.37. The lowest BCUT2D eigenvalue weighted by Gasteiger charge is -2.32. The summed E-state index contributed by atoms with van der Waals surface area (Å²) in [6.45, 7) is 2.54. The molecule has 0 spiro atoms. The van der Waals surface area contributed by atoms with E-state index in [9.17, 15) is 5.11 Å². The Balaban J connectivity index is 2.51. The molecule has 0 aromatic carbocycles. The third kappa shape index (κ3) is 1.99. The van der Waals surface area contributed by atoms with E-state index in [-0.39, 0.29) is 0 Å². The van der Waals surface area contributed by atoms with E-state index in [2.05, 4.69) is 6.92 Å². The molecule has 3 N–H and O–H groups in total. The standard InChI is InChI=1S/C10H21NO/c1-2-7-10(12,8-11)9-5-3-4-6-9/h9,12H,2-8,11H2,1H3. The maximum atomic E-state index is 10.2. The van der Waals surface area contributed by atoms with Crippen LogP contribution >= 0.6 is 0 Å². The van der Waals surface area contributed by atoms with Crippen LogP contribution < -0.4 is 5.73 Å². The van der Waals surface area contributed by atoms with Crippen LogP contribution in [0.25, 0.3) is 0 Å². The molecule has 12 heavy (non-hydrogen) atoms. The van der Waals surface area contributed by atoms with Crippen molar-refractivity contribution in [1.82, 2.24) is 0 Å². The Bertz CT molecular complexity index is 132. The second kappa shape index (κ2) is 4.24. The average molecular weight is 171 g/mol. The molecule has 1 aliphatic carbocycles. The summed E-state index contributed by atoms with van der Waals surface area (Å²) in [7, 11) is 0. The molecule has 1 aliphatic rings.